The van der Waals surface area contributed by atoms with Gasteiger partial charge in [-0.25, -0.2) is 0 Å². The molecule has 2 heterocycles. The molecule has 1 unspecified atom stereocenters. The van der Waals surface area contributed by atoms with Gasteiger partial charge in [0.05, 0.1) is 17.4 Å². The number of carbonyl (C=O) groups is 1. The predicted octanol–water partition coefficient (Wildman–Crippen LogP) is 0.439. The number of hydrazine groups is 1. The van der Waals surface area contributed by atoms with E-state index < -0.39 is 0 Å². The summed E-state index contributed by atoms with van der Waals surface area (Å²) in [4.78, 5) is 18.3. The Labute approximate surface area is 113 Å². The molecule has 1 aliphatic heterocycles. The van der Waals surface area contributed by atoms with Crippen molar-refractivity contribution >= 4 is 11.6 Å². The molecule has 104 valence electrons. The molecule has 4 N–H and O–H groups in total. The Morgan fingerprint density at radius 3 is 3.21 bits per heavy atom. The van der Waals surface area contributed by atoms with Gasteiger partial charge in [0.2, 0.25) is 0 Å². The molecule has 1 aliphatic rings. The van der Waals surface area contributed by atoms with Crippen LogP contribution >= 0.6 is 0 Å². The third-order valence-electron chi connectivity index (χ3n) is 3.49. The average molecular weight is 263 g/mol. The molecule has 6 heteroatoms. The first-order chi connectivity index (χ1) is 9.20. The lowest BCUT2D eigenvalue weighted by atomic mass is 9.98. The molecular weight excluding hydrogens is 242 g/mol. The molecule has 0 spiro atoms. The predicted molar refractivity (Wildman–Crippen MR) is 74.6 cm³/mol. The van der Waals surface area contributed by atoms with Crippen LogP contribution in [0.1, 0.15) is 23.2 Å². The highest BCUT2D eigenvalue weighted by molar-refractivity contribution is 5.99. The first kappa shape index (κ1) is 13.8. The molecule has 0 aliphatic carbocycles. The number of hydrogen-bond acceptors (Lipinski definition) is 5. The number of nitrogens with zero attached hydrogens (tertiary/aromatic N) is 2. The van der Waals surface area contributed by atoms with E-state index in [-0.39, 0.29) is 5.91 Å². The fourth-order valence-corrected chi connectivity index (χ4v) is 2.48. The van der Waals surface area contributed by atoms with Crippen LogP contribution in [0.5, 0.6) is 0 Å². The monoisotopic (exact) mass is 263 g/mol. The highest BCUT2D eigenvalue weighted by atomic mass is 16.1. The van der Waals surface area contributed by atoms with E-state index >= 15 is 0 Å². The molecule has 6 nitrogen and oxygen atoms in total. The Morgan fingerprint density at radius 1 is 1.63 bits per heavy atom. The van der Waals surface area contributed by atoms with Gasteiger partial charge in [0.1, 0.15) is 0 Å². The van der Waals surface area contributed by atoms with Crippen molar-refractivity contribution in [3.63, 3.8) is 0 Å². The summed E-state index contributed by atoms with van der Waals surface area (Å²) in [5.74, 6) is 5.79. The van der Waals surface area contributed by atoms with Crippen LogP contribution in [0.15, 0.2) is 18.5 Å². The van der Waals surface area contributed by atoms with Crippen LogP contribution in [0.4, 0.5) is 5.69 Å². The molecule has 0 saturated carbocycles. The van der Waals surface area contributed by atoms with Gasteiger partial charge in [0, 0.05) is 19.3 Å². The molecule has 1 aromatic rings. The third kappa shape index (κ3) is 3.65. The number of anilines is 1. The summed E-state index contributed by atoms with van der Waals surface area (Å²) in [6, 6.07) is 1.66. The second-order valence-electron chi connectivity index (χ2n) is 5.05. The Kier molecular flexibility index (Phi) is 4.70. The lowest BCUT2D eigenvalue weighted by molar-refractivity contribution is 0.0937. The van der Waals surface area contributed by atoms with Gasteiger partial charge in [-0.3, -0.25) is 15.6 Å². The third-order valence-corrected chi connectivity index (χ3v) is 3.49. The quantitative estimate of drug-likeness (QED) is 0.542. The average Bonchev–Trinajstić information content (AvgIpc) is 2.45. The molecule has 0 aromatic carbocycles. The first-order valence-electron chi connectivity index (χ1n) is 6.58. The Bertz CT molecular complexity index is 437. The van der Waals surface area contributed by atoms with Crippen LogP contribution < -0.4 is 16.6 Å². The van der Waals surface area contributed by atoms with E-state index in [9.17, 15) is 4.79 Å². The number of aromatic nitrogens is 1. The number of pyridine rings is 1. The van der Waals surface area contributed by atoms with E-state index in [1.54, 1.807) is 18.5 Å². The lowest BCUT2D eigenvalue weighted by Gasteiger charge is -2.29. The largest absolute Gasteiger partial charge is 0.352 e. The Hall–Kier alpha value is -1.66. The van der Waals surface area contributed by atoms with Crippen LogP contribution in [0, 0.1) is 5.92 Å². The van der Waals surface area contributed by atoms with Crippen molar-refractivity contribution in [3.8, 4) is 0 Å². The smallest absolute Gasteiger partial charge is 0.253 e. The number of nitrogens with one attached hydrogen (secondary N) is 2. The molecule has 1 saturated heterocycles. The van der Waals surface area contributed by atoms with Crippen LogP contribution in [0.2, 0.25) is 0 Å². The lowest BCUT2D eigenvalue weighted by Crippen LogP contribution is -2.39. The molecule has 1 atom stereocenters. The molecule has 19 heavy (non-hydrogen) atoms. The molecule has 0 radical (unpaired) electrons. The highest BCUT2D eigenvalue weighted by Crippen LogP contribution is 2.15. The Balaban J connectivity index is 1.90. The van der Waals surface area contributed by atoms with E-state index in [0.29, 0.717) is 23.7 Å². The van der Waals surface area contributed by atoms with Crippen LogP contribution in [-0.4, -0.2) is 42.5 Å². The molecule has 1 aromatic heterocycles. The second kappa shape index (κ2) is 6.49. The maximum Gasteiger partial charge on any atom is 0.253 e. The minimum Gasteiger partial charge on any atom is -0.352 e. The fraction of sp³-hybridized carbons (Fsp3) is 0.538. The van der Waals surface area contributed by atoms with Gasteiger partial charge in [-0.05, 0) is 38.4 Å². The number of nitrogens with two attached hydrogens (primary N) is 1. The highest BCUT2D eigenvalue weighted by Gasteiger charge is 2.18. The number of carbonyl (C=O) groups excluding carboxylic acids is 1. The zero-order chi connectivity index (χ0) is 13.7. The van der Waals surface area contributed by atoms with E-state index in [4.69, 9.17) is 5.84 Å². The van der Waals surface area contributed by atoms with Crippen LogP contribution in [-0.2, 0) is 0 Å². The van der Waals surface area contributed by atoms with Crippen LogP contribution in [0.3, 0.4) is 0 Å². The number of nitrogen functional groups attached to an aromatic ring is 1. The fourth-order valence-electron chi connectivity index (χ4n) is 2.48. The minimum absolute atomic E-state index is 0.108. The number of rotatable bonds is 4. The summed E-state index contributed by atoms with van der Waals surface area (Å²) in [6.07, 6.45) is 5.50. The van der Waals surface area contributed by atoms with Crippen molar-refractivity contribution in [3.05, 3.63) is 24.0 Å². The first-order valence-corrected chi connectivity index (χ1v) is 6.58. The van der Waals surface area contributed by atoms with Crippen molar-refractivity contribution in [2.45, 2.75) is 12.8 Å². The van der Waals surface area contributed by atoms with Crippen molar-refractivity contribution in [2.24, 2.45) is 11.8 Å². The summed E-state index contributed by atoms with van der Waals surface area (Å²) in [7, 11) is 2.12. The van der Waals surface area contributed by atoms with Gasteiger partial charge < -0.3 is 15.6 Å². The van der Waals surface area contributed by atoms with Gasteiger partial charge >= 0.3 is 0 Å². The standard InChI is InChI=1S/C13H21N5O/c1-18-6-2-3-10(9-18)7-16-13(19)11-4-5-15-8-12(11)17-14/h4-5,8,10,17H,2-3,6-7,9,14H2,1H3,(H,16,19). The summed E-state index contributed by atoms with van der Waals surface area (Å²) in [5.41, 5.74) is 3.56. The van der Waals surface area contributed by atoms with Gasteiger partial charge in [-0.1, -0.05) is 0 Å². The maximum atomic E-state index is 12.1. The van der Waals surface area contributed by atoms with Gasteiger partial charge in [0.25, 0.3) is 5.91 Å². The van der Waals surface area contributed by atoms with E-state index in [1.165, 1.54) is 12.8 Å². The Morgan fingerprint density at radius 2 is 2.47 bits per heavy atom. The van der Waals surface area contributed by atoms with E-state index in [2.05, 4.69) is 27.7 Å². The van der Waals surface area contributed by atoms with Gasteiger partial charge in [-0.2, -0.15) is 0 Å². The normalized spacial score (nSPS) is 20.0. The zero-order valence-electron chi connectivity index (χ0n) is 11.2. The minimum atomic E-state index is -0.108. The zero-order valence-corrected chi connectivity index (χ0v) is 11.2. The van der Waals surface area contributed by atoms with E-state index in [0.717, 1.165) is 13.1 Å². The van der Waals surface area contributed by atoms with Gasteiger partial charge in [-0.15, -0.1) is 0 Å². The number of amides is 1. The molecule has 2 rings (SSSR count). The summed E-state index contributed by atoms with van der Waals surface area (Å²) >= 11 is 0. The van der Waals surface area contributed by atoms with Crippen molar-refractivity contribution in [1.29, 1.82) is 0 Å². The van der Waals surface area contributed by atoms with Crippen molar-refractivity contribution < 1.29 is 4.79 Å². The second-order valence-corrected chi connectivity index (χ2v) is 5.05. The molecule has 1 fully saturated rings. The SMILES string of the molecule is CN1CCCC(CNC(=O)c2ccncc2NN)C1. The molecule has 0 bridgehead atoms. The summed E-state index contributed by atoms with van der Waals surface area (Å²) in [6.45, 7) is 2.89. The van der Waals surface area contributed by atoms with E-state index in [1.807, 2.05) is 0 Å². The van der Waals surface area contributed by atoms with Gasteiger partial charge in [0.15, 0.2) is 0 Å². The van der Waals surface area contributed by atoms with Crippen molar-refractivity contribution in [2.75, 3.05) is 32.1 Å². The number of hydrogen-bond donors (Lipinski definition) is 3. The summed E-state index contributed by atoms with van der Waals surface area (Å²) in [5, 5.41) is 2.98. The topological polar surface area (TPSA) is 83.3 Å². The van der Waals surface area contributed by atoms with Crippen LogP contribution in [0.25, 0.3) is 0 Å². The maximum absolute atomic E-state index is 12.1. The number of likely N-dealkylation sites (tertiary alicyclic amines) is 1. The number of piperidine rings is 1. The molecule has 1 amide bonds. The van der Waals surface area contributed by atoms with Crippen molar-refractivity contribution in [1.82, 2.24) is 15.2 Å². The molecular formula is C13H21N5O. The summed E-state index contributed by atoms with van der Waals surface area (Å²) < 4.78 is 0.